The fraction of sp³-hybridized carbons (Fsp3) is 0. The van der Waals surface area contributed by atoms with E-state index in [4.69, 9.17) is 5.26 Å². The molecule has 2 rings (SSSR count). The molecule has 0 aliphatic carbocycles. The molecule has 0 amide bonds. The van der Waals surface area contributed by atoms with Crippen LogP contribution in [0.15, 0.2) is 42.5 Å². The summed E-state index contributed by atoms with van der Waals surface area (Å²) >= 11 is 2.06. The Morgan fingerprint density at radius 3 is 2.62 bits per heavy atom. The average molecular weight is 323 g/mol. The van der Waals surface area contributed by atoms with Gasteiger partial charge in [-0.3, -0.25) is 0 Å². The van der Waals surface area contributed by atoms with Gasteiger partial charge in [0.05, 0.1) is 11.6 Å². The van der Waals surface area contributed by atoms with Crippen molar-refractivity contribution in [1.82, 2.24) is 0 Å². The van der Waals surface area contributed by atoms with E-state index in [1.54, 1.807) is 30.3 Å². The summed E-state index contributed by atoms with van der Waals surface area (Å²) in [6, 6.07) is 14.0. The maximum absolute atomic E-state index is 13.7. The molecule has 0 fully saturated rings. The van der Waals surface area contributed by atoms with E-state index in [0.29, 0.717) is 11.1 Å². The van der Waals surface area contributed by atoms with Gasteiger partial charge in [0, 0.05) is 9.13 Å². The lowest BCUT2D eigenvalue weighted by Crippen LogP contribution is -1.86. The van der Waals surface area contributed by atoms with Gasteiger partial charge in [0.1, 0.15) is 5.82 Å². The van der Waals surface area contributed by atoms with Gasteiger partial charge in [-0.15, -0.1) is 0 Å². The second-order valence-electron chi connectivity index (χ2n) is 3.32. The monoisotopic (exact) mass is 323 g/mol. The third-order valence-corrected chi connectivity index (χ3v) is 2.90. The van der Waals surface area contributed by atoms with Crippen molar-refractivity contribution < 1.29 is 4.39 Å². The van der Waals surface area contributed by atoms with Crippen LogP contribution in [0.2, 0.25) is 0 Å². The largest absolute Gasteiger partial charge is 0.206 e. The standard InChI is InChI=1S/C13H7FIN/c14-13-7-11(15)4-5-12(13)10-3-1-2-9(6-10)8-16/h1-7H. The van der Waals surface area contributed by atoms with E-state index in [9.17, 15) is 4.39 Å². The first-order chi connectivity index (χ1) is 7.70. The molecule has 0 spiro atoms. The van der Waals surface area contributed by atoms with Crippen molar-refractivity contribution in [3.05, 3.63) is 57.4 Å². The fourth-order valence-electron chi connectivity index (χ4n) is 1.48. The van der Waals surface area contributed by atoms with E-state index >= 15 is 0 Å². The molecule has 0 bridgehead atoms. The van der Waals surface area contributed by atoms with E-state index in [0.717, 1.165) is 9.13 Å². The second kappa shape index (κ2) is 4.62. The number of nitrogens with zero attached hydrogens (tertiary/aromatic N) is 1. The van der Waals surface area contributed by atoms with Crippen LogP contribution >= 0.6 is 22.6 Å². The average Bonchev–Trinajstić information content (AvgIpc) is 2.29. The summed E-state index contributed by atoms with van der Waals surface area (Å²) in [6.45, 7) is 0. The number of hydrogen-bond acceptors (Lipinski definition) is 1. The number of nitriles is 1. The minimum Gasteiger partial charge on any atom is -0.206 e. The van der Waals surface area contributed by atoms with E-state index in [-0.39, 0.29) is 5.82 Å². The molecule has 16 heavy (non-hydrogen) atoms. The summed E-state index contributed by atoms with van der Waals surface area (Å²) < 4.78 is 14.5. The lowest BCUT2D eigenvalue weighted by molar-refractivity contribution is 0.630. The van der Waals surface area contributed by atoms with Gasteiger partial charge >= 0.3 is 0 Å². The molecule has 0 radical (unpaired) electrons. The molecule has 0 aromatic heterocycles. The van der Waals surface area contributed by atoms with Crippen LogP contribution in [0, 0.1) is 20.7 Å². The van der Waals surface area contributed by atoms with Gasteiger partial charge in [-0.25, -0.2) is 4.39 Å². The molecule has 3 heteroatoms. The topological polar surface area (TPSA) is 23.8 Å². The lowest BCUT2D eigenvalue weighted by Gasteiger charge is -2.04. The van der Waals surface area contributed by atoms with Crippen molar-refractivity contribution >= 4 is 22.6 Å². The van der Waals surface area contributed by atoms with Gasteiger partial charge in [0.25, 0.3) is 0 Å². The van der Waals surface area contributed by atoms with Crippen LogP contribution in [0.3, 0.4) is 0 Å². The van der Waals surface area contributed by atoms with Crippen LogP contribution in [0.25, 0.3) is 11.1 Å². The normalized spacial score (nSPS) is 9.81. The molecule has 1 nitrogen and oxygen atoms in total. The van der Waals surface area contributed by atoms with Gasteiger partial charge in [-0.2, -0.15) is 5.26 Å². The van der Waals surface area contributed by atoms with Crippen molar-refractivity contribution in [3.8, 4) is 17.2 Å². The van der Waals surface area contributed by atoms with Gasteiger partial charge in [0.15, 0.2) is 0 Å². The molecule has 0 aliphatic heterocycles. The van der Waals surface area contributed by atoms with Crippen LogP contribution in [-0.2, 0) is 0 Å². The number of rotatable bonds is 1. The van der Waals surface area contributed by atoms with Gasteiger partial charge in [-0.05, 0) is 52.4 Å². The van der Waals surface area contributed by atoms with Crippen molar-refractivity contribution in [2.75, 3.05) is 0 Å². The third kappa shape index (κ3) is 2.22. The molecule has 0 atom stereocenters. The SMILES string of the molecule is N#Cc1cccc(-c2ccc(I)cc2F)c1. The number of benzene rings is 2. The molecular formula is C13H7FIN. The zero-order valence-corrected chi connectivity index (χ0v) is 10.4. The number of halogens is 2. The first kappa shape index (κ1) is 11.1. The maximum Gasteiger partial charge on any atom is 0.132 e. The highest BCUT2D eigenvalue weighted by Crippen LogP contribution is 2.24. The Bertz CT molecular complexity index is 572. The highest BCUT2D eigenvalue weighted by atomic mass is 127. The summed E-state index contributed by atoms with van der Waals surface area (Å²) in [5.74, 6) is -0.262. The molecule has 78 valence electrons. The first-order valence-corrected chi connectivity index (χ1v) is 5.74. The lowest BCUT2D eigenvalue weighted by atomic mass is 10.0. The summed E-state index contributed by atoms with van der Waals surface area (Å²) in [5.41, 5.74) is 1.79. The summed E-state index contributed by atoms with van der Waals surface area (Å²) in [4.78, 5) is 0. The Hall–Kier alpha value is -1.41. The summed E-state index contributed by atoms with van der Waals surface area (Å²) in [7, 11) is 0. The minimum absolute atomic E-state index is 0.262. The Labute approximate surface area is 107 Å². The molecule has 0 N–H and O–H groups in total. The fourth-order valence-corrected chi connectivity index (χ4v) is 1.93. The van der Waals surface area contributed by atoms with Crippen molar-refractivity contribution in [3.63, 3.8) is 0 Å². The zero-order valence-electron chi connectivity index (χ0n) is 8.24. The van der Waals surface area contributed by atoms with Gasteiger partial charge in [0.2, 0.25) is 0 Å². The van der Waals surface area contributed by atoms with E-state index in [1.165, 1.54) is 6.07 Å². The zero-order chi connectivity index (χ0) is 11.5. The predicted octanol–water partition coefficient (Wildman–Crippen LogP) is 3.97. The predicted molar refractivity (Wildman–Crippen MR) is 69.3 cm³/mol. The van der Waals surface area contributed by atoms with Crippen LogP contribution in [0.4, 0.5) is 4.39 Å². The molecule has 0 aliphatic rings. The quantitative estimate of drug-likeness (QED) is 0.729. The number of hydrogen-bond donors (Lipinski definition) is 0. The molecule has 2 aromatic carbocycles. The van der Waals surface area contributed by atoms with Gasteiger partial charge in [-0.1, -0.05) is 18.2 Å². The second-order valence-corrected chi connectivity index (χ2v) is 4.56. The molecule has 0 heterocycles. The van der Waals surface area contributed by atoms with Crippen molar-refractivity contribution in [1.29, 1.82) is 5.26 Å². The molecule has 0 unspecified atom stereocenters. The first-order valence-electron chi connectivity index (χ1n) is 4.66. The summed E-state index contributed by atoms with van der Waals surface area (Å²) in [6.07, 6.45) is 0. The van der Waals surface area contributed by atoms with Gasteiger partial charge < -0.3 is 0 Å². The van der Waals surface area contributed by atoms with Crippen LogP contribution < -0.4 is 0 Å². The maximum atomic E-state index is 13.7. The molecule has 0 saturated heterocycles. The Morgan fingerprint density at radius 2 is 1.94 bits per heavy atom. The highest BCUT2D eigenvalue weighted by Gasteiger charge is 2.05. The van der Waals surface area contributed by atoms with E-state index in [2.05, 4.69) is 22.6 Å². The van der Waals surface area contributed by atoms with Crippen LogP contribution in [-0.4, -0.2) is 0 Å². The minimum atomic E-state index is -0.262. The summed E-state index contributed by atoms with van der Waals surface area (Å²) in [5, 5.41) is 8.78. The highest BCUT2D eigenvalue weighted by molar-refractivity contribution is 14.1. The van der Waals surface area contributed by atoms with Crippen molar-refractivity contribution in [2.24, 2.45) is 0 Å². The molecule has 0 saturated carbocycles. The van der Waals surface area contributed by atoms with Crippen molar-refractivity contribution in [2.45, 2.75) is 0 Å². The van der Waals surface area contributed by atoms with Crippen LogP contribution in [0.5, 0.6) is 0 Å². The van der Waals surface area contributed by atoms with E-state index < -0.39 is 0 Å². The Morgan fingerprint density at radius 1 is 1.12 bits per heavy atom. The molecule has 2 aromatic rings. The van der Waals surface area contributed by atoms with E-state index in [1.807, 2.05) is 12.1 Å². The van der Waals surface area contributed by atoms with Crippen LogP contribution in [0.1, 0.15) is 5.56 Å². The smallest absolute Gasteiger partial charge is 0.132 e. The Balaban J connectivity index is 2.55. The molecular weight excluding hydrogens is 316 g/mol. The third-order valence-electron chi connectivity index (χ3n) is 2.23. The Kier molecular flexibility index (Phi) is 3.20.